The molecule has 8 heteroatoms. The van der Waals surface area contributed by atoms with Crippen LogP contribution in [-0.4, -0.2) is 58.0 Å². The van der Waals surface area contributed by atoms with E-state index >= 15 is 0 Å². The normalized spacial score (nSPS) is 19.4. The fraction of sp³-hybridized carbons (Fsp3) is 0.368. The number of hydrogen-bond donors (Lipinski definition) is 2. The van der Waals surface area contributed by atoms with Crippen molar-refractivity contribution in [3.63, 3.8) is 0 Å². The molecule has 140 valence electrons. The van der Waals surface area contributed by atoms with Gasteiger partial charge >= 0.3 is 0 Å². The molecule has 1 fully saturated rings. The van der Waals surface area contributed by atoms with E-state index < -0.39 is 0 Å². The minimum absolute atomic E-state index is 0.239. The number of H-pyrrole nitrogens is 1. The number of aromatic amines is 1. The van der Waals surface area contributed by atoms with Crippen LogP contribution in [0.25, 0.3) is 6.08 Å². The number of rotatable bonds is 4. The largest absolute Gasteiger partial charge is 0.379 e. The Morgan fingerprint density at radius 2 is 2.11 bits per heavy atom. The molecule has 2 aromatic heterocycles. The monoisotopic (exact) mass is 366 g/mol. The number of aryl methyl sites for hydroxylation is 1. The first-order chi connectivity index (χ1) is 13.1. The number of aromatic nitrogens is 3. The maximum absolute atomic E-state index is 12.3. The van der Waals surface area contributed by atoms with Crippen molar-refractivity contribution >= 4 is 17.7 Å². The third kappa shape index (κ3) is 3.54. The minimum Gasteiger partial charge on any atom is -0.379 e. The molecule has 0 unspecified atom stereocenters. The molecule has 2 aliphatic heterocycles. The number of ether oxygens (including phenoxy) is 1. The molecule has 4 rings (SSSR count). The Bertz CT molecular complexity index is 910. The Hall–Kier alpha value is -2.84. The van der Waals surface area contributed by atoms with Gasteiger partial charge < -0.3 is 9.72 Å². The summed E-state index contributed by atoms with van der Waals surface area (Å²) in [4.78, 5) is 18.1. The Kier molecular flexibility index (Phi) is 4.83. The van der Waals surface area contributed by atoms with Crippen LogP contribution in [0, 0.1) is 13.8 Å². The summed E-state index contributed by atoms with van der Waals surface area (Å²) >= 11 is 0. The molecule has 8 nitrogen and oxygen atoms in total. The lowest BCUT2D eigenvalue weighted by atomic mass is 10.0. The lowest BCUT2D eigenvalue weighted by molar-refractivity contribution is -0.116. The van der Waals surface area contributed by atoms with Crippen molar-refractivity contribution in [1.29, 1.82) is 0 Å². The fourth-order valence-electron chi connectivity index (χ4n) is 3.42. The summed E-state index contributed by atoms with van der Waals surface area (Å²) in [7, 11) is 0. The van der Waals surface area contributed by atoms with E-state index in [1.165, 1.54) is 5.56 Å². The zero-order chi connectivity index (χ0) is 18.8. The molecule has 2 aromatic rings. The number of hydrogen-bond acceptors (Lipinski definition) is 6. The Balaban J connectivity index is 1.64. The van der Waals surface area contributed by atoms with Gasteiger partial charge in [-0.1, -0.05) is 0 Å². The second-order valence-electron chi connectivity index (χ2n) is 6.72. The van der Waals surface area contributed by atoms with Crippen LogP contribution in [0.15, 0.2) is 29.0 Å². The first kappa shape index (κ1) is 17.6. The highest BCUT2D eigenvalue weighted by atomic mass is 16.5. The molecule has 0 bridgehead atoms. The third-order valence-electron chi connectivity index (χ3n) is 4.99. The molecule has 2 N–H and O–H groups in total. The van der Waals surface area contributed by atoms with Gasteiger partial charge in [0, 0.05) is 37.2 Å². The number of hydrazone groups is 1. The quantitative estimate of drug-likeness (QED) is 0.792. The predicted molar refractivity (Wildman–Crippen MR) is 101 cm³/mol. The van der Waals surface area contributed by atoms with E-state index in [1.807, 2.05) is 6.08 Å². The average molecular weight is 366 g/mol. The van der Waals surface area contributed by atoms with E-state index in [1.54, 1.807) is 18.3 Å². The maximum atomic E-state index is 12.3. The van der Waals surface area contributed by atoms with Crippen LogP contribution in [0.4, 0.5) is 0 Å². The highest BCUT2D eigenvalue weighted by molar-refractivity contribution is 6.32. The lowest BCUT2D eigenvalue weighted by Crippen LogP contribution is -2.35. The molecule has 0 spiro atoms. The van der Waals surface area contributed by atoms with Gasteiger partial charge in [-0.25, -0.2) is 5.43 Å². The van der Waals surface area contributed by atoms with Gasteiger partial charge in [-0.15, -0.1) is 5.10 Å². The number of nitrogens with one attached hydrogen (secondary N) is 2. The van der Waals surface area contributed by atoms with Crippen molar-refractivity contribution in [1.82, 2.24) is 25.5 Å². The molecule has 0 saturated carbocycles. The van der Waals surface area contributed by atoms with Gasteiger partial charge in [-0.05, 0) is 43.2 Å². The highest BCUT2D eigenvalue weighted by Gasteiger charge is 2.26. The first-order valence-electron chi connectivity index (χ1n) is 9.00. The fourth-order valence-corrected chi connectivity index (χ4v) is 3.42. The van der Waals surface area contributed by atoms with Crippen molar-refractivity contribution in [3.8, 4) is 0 Å². The first-order valence-corrected chi connectivity index (χ1v) is 9.00. The van der Waals surface area contributed by atoms with Crippen molar-refractivity contribution in [2.75, 3.05) is 26.3 Å². The molecule has 2 aliphatic rings. The number of carbonyl (C=O) groups excluding carboxylic acids is 1. The number of morpholine rings is 1. The molecule has 0 radical (unpaired) electrons. The predicted octanol–water partition coefficient (Wildman–Crippen LogP) is 1.17. The SMILES string of the molecule is Cc1[nH]c(/C=C2/C(=O)NN=C2c2cccnn2)c(C)c1CN1CCOCC1. The van der Waals surface area contributed by atoms with Gasteiger partial charge in [0.2, 0.25) is 0 Å². The Morgan fingerprint density at radius 3 is 2.85 bits per heavy atom. The van der Waals surface area contributed by atoms with Crippen LogP contribution < -0.4 is 5.43 Å². The molecule has 0 atom stereocenters. The smallest absolute Gasteiger partial charge is 0.273 e. The zero-order valence-electron chi connectivity index (χ0n) is 15.5. The van der Waals surface area contributed by atoms with Crippen molar-refractivity contribution in [2.45, 2.75) is 20.4 Å². The summed E-state index contributed by atoms with van der Waals surface area (Å²) in [5.41, 5.74) is 8.52. The standard InChI is InChI=1S/C19H22N6O2/c1-12-15(11-25-6-8-27-9-7-25)13(2)21-17(12)10-14-18(23-24-19(14)26)16-4-3-5-20-22-16/h3-5,10,21H,6-9,11H2,1-2H3,(H,24,26)/b14-10+. The summed E-state index contributed by atoms with van der Waals surface area (Å²) in [5, 5.41) is 12.1. The van der Waals surface area contributed by atoms with Gasteiger partial charge in [0.1, 0.15) is 11.4 Å². The summed E-state index contributed by atoms with van der Waals surface area (Å²) in [6.07, 6.45) is 3.44. The van der Waals surface area contributed by atoms with Gasteiger partial charge in [-0.2, -0.15) is 10.2 Å². The van der Waals surface area contributed by atoms with Gasteiger partial charge in [0.25, 0.3) is 5.91 Å². The number of carbonyl (C=O) groups is 1. The molecule has 4 heterocycles. The molecule has 0 aliphatic carbocycles. The topological polar surface area (TPSA) is 95.5 Å². The summed E-state index contributed by atoms with van der Waals surface area (Å²) in [6, 6.07) is 3.56. The highest BCUT2D eigenvalue weighted by Crippen LogP contribution is 2.24. The molecule has 27 heavy (non-hydrogen) atoms. The van der Waals surface area contributed by atoms with Gasteiger partial charge in [0.05, 0.1) is 18.8 Å². The number of amides is 1. The zero-order valence-corrected chi connectivity index (χ0v) is 15.5. The van der Waals surface area contributed by atoms with Crippen molar-refractivity contribution in [2.24, 2.45) is 5.10 Å². The van der Waals surface area contributed by atoms with Crippen molar-refractivity contribution in [3.05, 3.63) is 52.1 Å². The lowest BCUT2D eigenvalue weighted by Gasteiger charge is -2.26. The second-order valence-corrected chi connectivity index (χ2v) is 6.72. The van der Waals surface area contributed by atoms with Crippen LogP contribution in [0.2, 0.25) is 0 Å². The Morgan fingerprint density at radius 1 is 1.30 bits per heavy atom. The second kappa shape index (κ2) is 7.42. The molecule has 1 saturated heterocycles. The van der Waals surface area contributed by atoms with Crippen molar-refractivity contribution < 1.29 is 9.53 Å². The van der Waals surface area contributed by atoms with Gasteiger partial charge in [-0.3, -0.25) is 9.69 Å². The molecule has 1 amide bonds. The van der Waals surface area contributed by atoms with E-state index in [0.29, 0.717) is 17.0 Å². The molecular formula is C19H22N6O2. The van der Waals surface area contributed by atoms with E-state index in [2.05, 4.69) is 44.5 Å². The van der Waals surface area contributed by atoms with E-state index in [-0.39, 0.29) is 5.91 Å². The summed E-state index contributed by atoms with van der Waals surface area (Å²) < 4.78 is 5.43. The number of nitrogens with zero attached hydrogens (tertiary/aromatic N) is 4. The minimum atomic E-state index is -0.239. The van der Waals surface area contributed by atoms with Crippen LogP contribution in [0.5, 0.6) is 0 Å². The maximum Gasteiger partial charge on any atom is 0.273 e. The third-order valence-corrected chi connectivity index (χ3v) is 4.99. The van der Waals surface area contributed by atoms with E-state index in [0.717, 1.165) is 49.8 Å². The Labute approximate surface area is 157 Å². The van der Waals surface area contributed by atoms with Crippen LogP contribution in [-0.2, 0) is 16.1 Å². The van der Waals surface area contributed by atoms with E-state index in [4.69, 9.17) is 4.74 Å². The van der Waals surface area contributed by atoms with Crippen LogP contribution >= 0.6 is 0 Å². The van der Waals surface area contributed by atoms with Crippen LogP contribution in [0.1, 0.15) is 28.2 Å². The van der Waals surface area contributed by atoms with E-state index in [9.17, 15) is 4.79 Å². The molecular weight excluding hydrogens is 344 g/mol. The summed E-state index contributed by atoms with van der Waals surface area (Å²) in [6.45, 7) is 8.45. The molecule has 0 aromatic carbocycles. The summed E-state index contributed by atoms with van der Waals surface area (Å²) in [5.74, 6) is -0.239. The average Bonchev–Trinajstić information content (AvgIpc) is 3.18. The van der Waals surface area contributed by atoms with Gasteiger partial charge in [0.15, 0.2) is 0 Å². The van der Waals surface area contributed by atoms with Crippen LogP contribution in [0.3, 0.4) is 0 Å².